The Bertz CT molecular complexity index is 117. The number of halogens is 2. The molecule has 1 aliphatic heterocycles. The average molecular weight is 245 g/mol. The topological polar surface area (TPSA) is 24.5 Å². The van der Waals surface area contributed by atoms with Gasteiger partial charge in [-0.3, -0.25) is 0 Å². The summed E-state index contributed by atoms with van der Waals surface area (Å²) in [6.07, 6.45) is 0.402. The van der Waals surface area contributed by atoms with E-state index in [0.29, 0.717) is 6.10 Å². The van der Waals surface area contributed by atoms with E-state index in [1.807, 2.05) is 0 Å². The van der Waals surface area contributed by atoms with Crippen LogP contribution in [0.25, 0.3) is 0 Å². The summed E-state index contributed by atoms with van der Waals surface area (Å²) < 4.78 is 5.61. The molecule has 0 amide bonds. The van der Waals surface area contributed by atoms with Gasteiger partial charge in [0.05, 0.1) is 12.7 Å². The Morgan fingerprint density at radius 3 is 2.36 bits per heavy atom. The van der Waals surface area contributed by atoms with Crippen LogP contribution in [0.5, 0.6) is 0 Å². The fourth-order valence-electron chi connectivity index (χ4n) is 1.51. The molecule has 0 aromatic rings. The number of morpholine rings is 1. The van der Waals surface area contributed by atoms with Crippen molar-refractivity contribution in [1.82, 2.24) is 10.2 Å². The summed E-state index contributed by atoms with van der Waals surface area (Å²) in [5, 5.41) is 3.34. The van der Waals surface area contributed by atoms with Crippen molar-refractivity contribution in [2.24, 2.45) is 0 Å². The minimum atomic E-state index is 0. The normalized spacial score (nSPS) is 21.2. The Morgan fingerprint density at radius 2 is 1.93 bits per heavy atom. The quantitative estimate of drug-likeness (QED) is 0.804. The van der Waals surface area contributed by atoms with Crippen molar-refractivity contribution >= 4 is 24.8 Å². The minimum absolute atomic E-state index is 0. The molecule has 14 heavy (non-hydrogen) atoms. The van der Waals surface area contributed by atoms with Crippen LogP contribution >= 0.6 is 24.8 Å². The Morgan fingerprint density at radius 1 is 1.29 bits per heavy atom. The fraction of sp³-hybridized carbons (Fsp3) is 1.00. The predicted octanol–water partition coefficient (Wildman–Crippen LogP) is 1.16. The highest BCUT2D eigenvalue weighted by Gasteiger charge is 2.15. The molecule has 5 heteroatoms. The largest absolute Gasteiger partial charge is 0.374 e. The lowest BCUT2D eigenvalue weighted by Gasteiger charge is -2.28. The molecule has 0 saturated carbocycles. The number of hydrogen-bond donors (Lipinski definition) is 1. The van der Waals surface area contributed by atoms with Crippen molar-refractivity contribution in [2.45, 2.75) is 20.0 Å². The molecule has 0 aromatic heterocycles. The zero-order valence-electron chi connectivity index (χ0n) is 8.99. The molecule has 3 nitrogen and oxygen atoms in total. The number of ether oxygens (including phenoxy) is 1. The third-order valence-electron chi connectivity index (χ3n) is 2.36. The van der Waals surface area contributed by atoms with Crippen molar-refractivity contribution in [2.75, 3.05) is 39.3 Å². The lowest BCUT2D eigenvalue weighted by Crippen LogP contribution is -2.45. The SMILES string of the molecule is CCN(CC)CC1CNCCO1.Cl.Cl. The smallest absolute Gasteiger partial charge is 0.0826 e. The number of nitrogens with one attached hydrogen (secondary N) is 1. The van der Waals surface area contributed by atoms with E-state index in [-0.39, 0.29) is 24.8 Å². The summed E-state index contributed by atoms with van der Waals surface area (Å²) in [6, 6.07) is 0. The molecule has 1 atom stereocenters. The zero-order valence-corrected chi connectivity index (χ0v) is 10.6. The first-order valence-electron chi connectivity index (χ1n) is 4.91. The molecule has 0 aliphatic carbocycles. The molecule has 0 radical (unpaired) electrons. The van der Waals surface area contributed by atoms with Gasteiger partial charge in [-0.15, -0.1) is 24.8 Å². The lowest BCUT2D eigenvalue weighted by molar-refractivity contribution is 0.00735. The number of likely N-dealkylation sites (N-methyl/N-ethyl adjacent to an activating group) is 1. The van der Waals surface area contributed by atoms with E-state index >= 15 is 0 Å². The minimum Gasteiger partial charge on any atom is -0.374 e. The maximum absolute atomic E-state index is 5.61. The maximum atomic E-state index is 5.61. The standard InChI is InChI=1S/C9H20N2O.2ClH/c1-3-11(4-2)8-9-7-10-5-6-12-9;;/h9-10H,3-8H2,1-2H3;2*1H. The second-order valence-corrected chi connectivity index (χ2v) is 3.18. The molecular formula is C9H22Cl2N2O. The van der Waals surface area contributed by atoms with Gasteiger partial charge in [0, 0.05) is 19.6 Å². The van der Waals surface area contributed by atoms with E-state index in [1.54, 1.807) is 0 Å². The molecule has 88 valence electrons. The molecular weight excluding hydrogens is 223 g/mol. The molecule has 0 bridgehead atoms. The molecule has 1 N–H and O–H groups in total. The van der Waals surface area contributed by atoms with Crippen molar-refractivity contribution in [3.05, 3.63) is 0 Å². The van der Waals surface area contributed by atoms with Crippen LogP contribution in [0.3, 0.4) is 0 Å². The highest BCUT2D eigenvalue weighted by atomic mass is 35.5. The van der Waals surface area contributed by atoms with E-state index in [1.165, 1.54) is 0 Å². The average Bonchev–Trinajstić information content (AvgIpc) is 2.16. The van der Waals surface area contributed by atoms with E-state index in [9.17, 15) is 0 Å². The van der Waals surface area contributed by atoms with Crippen molar-refractivity contribution < 1.29 is 4.74 Å². The van der Waals surface area contributed by atoms with Crippen LogP contribution in [0.15, 0.2) is 0 Å². The zero-order chi connectivity index (χ0) is 8.81. The first-order valence-corrected chi connectivity index (χ1v) is 4.91. The highest BCUT2D eigenvalue weighted by Crippen LogP contribution is 1.99. The van der Waals surface area contributed by atoms with Gasteiger partial charge in [0.2, 0.25) is 0 Å². The van der Waals surface area contributed by atoms with Gasteiger partial charge in [-0.1, -0.05) is 13.8 Å². The van der Waals surface area contributed by atoms with Gasteiger partial charge >= 0.3 is 0 Å². The Balaban J connectivity index is 0. The first-order chi connectivity index (χ1) is 5.86. The van der Waals surface area contributed by atoms with Gasteiger partial charge in [-0.25, -0.2) is 0 Å². The second kappa shape index (κ2) is 9.99. The van der Waals surface area contributed by atoms with Gasteiger partial charge in [-0.05, 0) is 13.1 Å². The summed E-state index contributed by atoms with van der Waals surface area (Å²) in [7, 11) is 0. The van der Waals surface area contributed by atoms with E-state index in [0.717, 1.165) is 39.3 Å². The van der Waals surface area contributed by atoms with Crippen LogP contribution in [0.1, 0.15) is 13.8 Å². The van der Waals surface area contributed by atoms with Crippen LogP contribution in [0.4, 0.5) is 0 Å². The second-order valence-electron chi connectivity index (χ2n) is 3.18. The Labute approximate surface area is 99.4 Å². The number of rotatable bonds is 4. The van der Waals surface area contributed by atoms with E-state index < -0.39 is 0 Å². The van der Waals surface area contributed by atoms with Crippen LogP contribution in [-0.4, -0.2) is 50.3 Å². The predicted molar refractivity (Wildman–Crippen MR) is 64.9 cm³/mol. The van der Waals surface area contributed by atoms with Crippen LogP contribution < -0.4 is 5.32 Å². The molecule has 1 saturated heterocycles. The summed E-state index contributed by atoms with van der Waals surface area (Å²) >= 11 is 0. The molecule has 1 rings (SSSR count). The van der Waals surface area contributed by atoms with Gasteiger partial charge in [0.25, 0.3) is 0 Å². The van der Waals surface area contributed by atoms with Crippen molar-refractivity contribution in [3.63, 3.8) is 0 Å². The molecule has 1 heterocycles. The van der Waals surface area contributed by atoms with Gasteiger partial charge < -0.3 is 15.0 Å². The third-order valence-corrected chi connectivity index (χ3v) is 2.36. The van der Waals surface area contributed by atoms with Crippen molar-refractivity contribution in [3.8, 4) is 0 Å². The molecule has 0 spiro atoms. The Kier molecular flexibility index (Phi) is 12.0. The number of nitrogens with zero attached hydrogens (tertiary/aromatic N) is 1. The highest BCUT2D eigenvalue weighted by molar-refractivity contribution is 5.85. The van der Waals surface area contributed by atoms with E-state index in [4.69, 9.17) is 4.74 Å². The summed E-state index contributed by atoms with van der Waals surface area (Å²) in [5.41, 5.74) is 0. The molecule has 1 fully saturated rings. The first kappa shape index (κ1) is 16.9. The van der Waals surface area contributed by atoms with Gasteiger partial charge in [0.15, 0.2) is 0 Å². The van der Waals surface area contributed by atoms with E-state index in [2.05, 4.69) is 24.1 Å². The lowest BCUT2D eigenvalue weighted by atomic mass is 10.3. The fourth-order valence-corrected chi connectivity index (χ4v) is 1.51. The Hall–Kier alpha value is 0.460. The third kappa shape index (κ3) is 6.04. The van der Waals surface area contributed by atoms with Crippen LogP contribution in [0, 0.1) is 0 Å². The molecule has 0 aromatic carbocycles. The maximum Gasteiger partial charge on any atom is 0.0826 e. The van der Waals surface area contributed by atoms with Crippen LogP contribution in [0.2, 0.25) is 0 Å². The van der Waals surface area contributed by atoms with Crippen molar-refractivity contribution in [1.29, 1.82) is 0 Å². The van der Waals surface area contributed by atoms with Gasteiger partial charge in [-0.2, -0.15) is 0 Å². The molecule has 1 aliphatic rings. The number of hydrogen-bond acceptors (Lipinski definition) is 3. The monoisotopic (exact) mass is 244 g/mol. The van der Waals surface area contributed by atoms with Crippen LogP contribution in [-0.2, 0) is 4.74 Å². The summed E-state index contributed by atoms with van der Waals surface area (Å²) in [5.74, 6) is 0. The van der Waals surface area contributed by atoms with Gasteiger partial charge in [0.1, 0.15) is 0 Å². The summed E-state index contributed by atoms with van der Waals surface area (Å²) in [6.45, 7) is 10.6. The molecule has 1 unspecified atom stereocenters. The summed E-state index contributed by atoms with van der Waals surface area (Å²) in [4.78, 5) is 2.40.